The van der Waals surface area contributed by atoms with E-state index in [0.717, 1.165) is 50.5 Å². The number of anilines is 1. The summed E-state index contributed by atoms with van der Waals surface area (Å²) in [5.74, 6) is 1.17. The van der Waals surface area contributed by atoms with Crippen molar-refractivity contribution in [1.29, 1.82) is 0 Å². The first-order chi connectivity index (χ1) is 9.74. The predicted molar refractivity (Wildman–Crippen MR) is 81.0 cm³/mol. The molecule has 1 N–H and O–H groups in total. The van der Waals surface area contributed by atoms with Crippen LogP contribution in [0.2, 0.25) is 0 Å². The van der Waals surface area contributed by atoms with Crippen LogP contribution in [0, 0.1) is 11.7 Å². The maximum Gasteiger partial charge on any atom is 0.142 e. The van der Waals surface area contributed by atoms with Crippen LogP contribution in [0.1, 0.15) is 26.7 Å². The molecule has 0 atom stereocenters. The second-order valence-corrected chi connectivity index (χ2v) is 5.34. The molecule has 0 aromatic heterocycles. The third-order valence-electron chi connectivity index (χ3n) is 4.01. The smallest absolute Gasteiger partial charge is 0.142 e. The van der Waals surface area contributed by atoms with Crippen molar-refractivity contribution < 1.29 is 9.13 Å². The SMILES string of the molecule is CCC(CC)COc1ccc(F)cc1N1CCNCC1. The predicted octanol–water partition coefficient (Wildman–Crippen LogP) is 3.05. The van der Waals surface area contributed by atoms with Gasteiger partial charge in [-0.3, -0.25) is 0 Å². The molecule has 112 valence electrons. The Bertz CT molecular complexity index is 415. The lowest BCUT2D eigenvalue weighted by molar-refractivity contribution is 0.240. The number of piperazine rings is 1. The molecule has 2 rings (SSSR count). The molecule has 0 bridgehead atoms. The van der Waals surface area contributed by atoms with Crippen LogP contribution >= 0.6 is 0 Å². The van der Waals surface area contributed by atoms with Crippen molar-refractivity contribution in [2.24, 2.45) is 5.92 Å². The first-order valence-electron chi connectivity index (χ1n) is 7.62. The number of hydrogen-bond donors (Lipinski definition) is 1. The van der Waals surface area contributed by atoms with Crippen molar-refractivity contribution >= 4 is 5.69 Å². The molecule has 4 heteroatoms. The van der Waals surface area contributed by atoms with E-state index in [1.54, 1.807) is 12.1 Å². The minimum Gasteiger partial charge on any atom is -0.491 e. The first-order valence-corrected chi connectivity index (χ1v) is 7.62. The molecular formula is C16H25FN2O. The van der Waals surface area contributed by atoms with Gasteiger partial charge in [-0.25, -0.2) is 4.39 Å². The van der Waals surface area contributed by atoms with Gasteiger partial charge < -0.3 is 15.0 Å². The number of nitrogens with zero attached hydrogens (tertiary/aromatic N) is 1. The van der Waals surface area contributed by atoms with Crippen LogP contribution in [0.25, 0.3) is 0 Å². The van der Waals surface area contributed by atoms with E-state index in [-0.39, 0.29) is 5.82 Å². The lowest BCUT2D eigenvalue weighted by atomic mass is 10.1. The van der Waals surface area contributed by atoms with E-state index in [2.05, 4.69) is 24.1 Å². The van der Waals surface area contributed by atoms with E-state index >= 15 is 0 Å². The second-order valence-electron chi connectivity index (χ2n) is 5.34. The average Bonchev–Trinajstić information content (AvgIpc) is 2.50. The molecule has 0 unspecified atom stereocenters. The van der Waals surface area contributed by atoms with Crippen LogP contribution in [0.3, 0.4) is 0 Å². The highest BCUT2D eigenvalue weighted by molar-refractivity contribution is 5.59. The van der Waals surface area contributed by atoms with Gasteiger partial charge >= 0.3 is 0 Å². The number of benzene rings is 1. The minimum absolute atomic E-state index is 0.201. The number of hydrogen-bond acceptors (Lipinski definition) is 3. The summed E-state index contributed by atoms with van der Waals surface area (Å²) >= 11 is 0. The summed E-state index contributed by atoms with van der Waals surface area (Å²) in [5, 5.41) is 3.31. The van der Waals surface area contributed by atoms with Gasteiger partial charge in [-0.1, -0.05) is 26.7 Å². The highest BCUT2D eigenvalue weighted by Crippen LogP contribution is 2.30. The van der Waals surface area contributed by atoms with Gasteiger partial charge in [0.2, 0.25) is 0 Å². The summed E-state index contributed by atoms with van der Waals surface area (Å²) in [6.07, 6.45) is 2.22. The van der Waals surface area contributed by atoms with Crippen LogP contribution in [0.4, 0.5) is 10.1 Å². The first kappa shape index (κ1) is 15.1. The Kier molecular flexibility index (Phi) is 5.65. The van der Waals surface area contributed by atoms with Crippen LogP contribution in [-0.2, 0) is 0 Å². The van der Waals surface area contributed by atoms with Crippen molar-refractivity contribution in [2.45, 2.75) is 26.7 Å². The van der Waals surface area contributed by atoms with E-state index < -0.39 is 0 Å². The van der Waals surface area contributed by atoms with E-state index in [0.29, 0.717) is 12.5 Å². The zero-order valence-electron chi connectivity index (χ0n) is 12.5. The van der Waals surface area contributed by atoms with Gasteiger partial charge in [0.25, 0.3) is 0 Å². The molecule has 1 fully saturated rings. The molecule has 0 spiro atoms. The van der Waals surface area contributed by atoms with E-state index in [1.165, 1.54) is 6.07 Å². The molecule has 20 heavy (non-hydrogen) atoms. The molecule has 0 amide bonds. The molecule has 0 saturated carbocycles. The summed E-state index contributed by atoms with van der Waals surface area (Å²) in [6.45, 7) is 8.72. The topological polar surface area (TPSA) is 24.5 Å². The van der Waals surface area contributed by atoms with Crippen molar-refractivity contribution in [3.05, 3.63) is 24.0 Å². The Hall–Kier alpha value is -1.29. The molecule has 1 aromatic rings. The van der Waals surface area contributed by atoms with Gasteiger partial charge in [0.15, 0.2) is 0 Å². The number of halogens is 1. The maximum atomic E-state index is 13.5. The summed E-state index contributed by atoms with van der Waals surface area (Å²) < 4.78 is 19.5. The monoisotopic (exact) mass is 280 g/mol. The lowest BCUT2D eigenvalue weighted by Gasteiger charge is -2.31. The maximum absolute atomic E-state index is 13.5. The highest BCUT2D eigenvalue weighted by Gasteiger charge is 2.16. The fourth-order valence-electron chi connectivity index (χ4n) is 2.50. The van der Waals surface area contributed by atoms with E-state index in [9.17, 15) is 4.39 Å². The Morgan fingerprint density at radius 1 is 1.25 bits per heavy atom. The van der Waals surface area contributed by atoms with Gasteiger partial charge in [0.1, 0.15) is 11.6 Å². The van der Waals surface area contributed by atoms with E-state index in [4.69, 9.17) is 4.74 Å². The fraction of sp³-hybridized carbons (Fsp3) is 0.625. The Labute approximate surface area is 121 Å². The van der Waals surface area contributed by atoms with Crippen LogP contribution in [0.15, 0.2) is 18.2 Å². The third-order valence-corrected chi connectivity index (χ3v) is 4.01. The zero-order valence-corrected chi connectivity index (χ0v) is 12.5. The normalized spacial score (nSPS) is 15.7. The van der Waals surface area contributed by atoms with Crippen molar-refractivity contribution in [3.8, 4) is 5.75 Å². The van der Waals surface area contributed by atoms with Crippen molar-refractivity contribution in [1.82, 2.24) is 5.32 Å². The molecule has 1 heterocycles. The molecule has 0 radical (unpaired) electrons. The molecule has 0 aliphatic carbocycles. The standard InChI is InChI=1S/C16H25FN2O/c1-3-13(4-2)12-20-16-6-5-14(17)11-15(16)19-9-7-18-8-10-19/h5-6,11,13,18H,3-4,7-10,12H2,1-2H3. The van der Waals surface area contributed by atoms with Gasteiger partial charge in [0, 0.05) is 32.2 Å². The number of ether oxygens (including phenoxy) is 1. The number of nitrogens with one attached hydrogen (secondary N) is 1. The molecule has 1 saturated heterocycles. The minimum atomic E-state index is -0.201. The third kappa shape index (κ3) is 3.85. The Balaban J connectivity index is 2.10. The fourth-order valence-corrected chi connectivity index (χ4v) is 2.50. The quantitative estimate of drug-likeness (QED) is 0.867. The van der Waals surface area contributed by atoms with Gasteiger partial charge in [-0.15, -0.1) is 0 Å². The lowest BCUT2D eigenvalue weighted by Crippen LogP contribution is -2.43. The zero-order chi connectivity index (χ0) is 14.4. The Morgan fingerprint density at radius 3 is 2.60 bits per heavy atom. The molecule has 1 aliphatic heterocycles. The molecular weight excluding hydrogens is 255 g/mol. The van der Waals surface area contributed by atoms with Gasteiger partial charge in [-0.2, -0.15) is 0 Å². The average molecular weight is 280 g/mol. The van der Waals surface area contributed by atoms with Crippen molar-refractivity contribution in [3.63, 3.8) is 0 Å². The van der Waals surface area contributed by atoms with Gasteiger partial charge in [-0.05, 0) is 18.1 Å². The van der Waals surface area contributed by atoms with Crippen LogP contribution < -0.4 is 15.0 Å². The second kappa shape index (κ2) is 7.48. The molecule has 1 aliphatic rings. The van der Waals surface area contributed by atoms with Gasteiger partial charge in [0.05, 0.1) is 12.3 Å². The van der Waals surface area contributed by atoms with Crippen molar-refractivity contribution in [2.75, 3.05) is 37.7 Å². The summed E-state index contributed by atoms with van der Waals surface area (Å²) in [7, 11) is 0. The molecule has 3 nitrogen and oxygen atoms in total. The summed E-state index contributed by atoms with van der Waals surface area (Å²) in [6, 6.07) is 4.83. The largest absolute Gasteiger partial charge is 0.491 e. The summed E-state index contributed by atoms with van der Waals surface area (Å²) in [4.78, 5) is 2.20. The highest BCUT2D eigenvalue weighted by atomic mass is 19.1. The Morgan fingerprint density at radius 2 is 1.95 bits per heavy atom. The molecule has 1 aromatic carbocycles. The van der Waals surface area contributed by atoms with E-state index in [1.807, 2.05) is 0 Å². The number of rotatable bonds is 6. The summed E-state index contributed by atoms with van der Waals surface area (Å²) in [5.41, 5.74) is 0.887. The van der Waals surface area contributed by atoms with Crippen LogP contribution in [-0.4, -0.2) is 32.8 Å². The van der Waals surface area contributed by atoms with Crippen LogP contribution in [0.5, 0.6) is 5.75 Å².